The van der Waals surface area contributed by atoms with Crippen molar-refractivity contribution in [2.75, 3.05) is 20.1 Å². The maximum absolute atomic E-state index is 12.3. The van der Waals surface area contributed by atoms with Crippen LogP contribution in [0.15, 0.2) is 22.7 Å². The number of rotatable bonds is 0. The number of ketones is 1. The van der Waals surface area contributed by atoms with Gasteiger partial charge in [-0.2, -0.15) is 0 Å². The van der Waals surface area contributed by atoms with Crippen LogP contribution in [0.3, 0.4) is 0 Å². The molecule has 0 radical (unpaired) electrons. The van der Waals surface area contributed by atoms with Crippen molar-refractivity contribution in [3.05, 3.63) is 33.8 Å². The Hall–Kier alpha value is -0.670. The van der Waals surface area contributed by atoms with E-state index in [4.69, 9.17) is 0 Å². The van der Waals surface area contributed by atoms with Crippen molar-refractivity contribution in [3.8, 4) is 0 Å². The van der Waals surface area contributed by atoms with Crippen molar-refractivity contribution >= 4 is 21.7 Å². The van der Waals surface area contributed by atoms with E-state index in [0.29, 0.717) is 12.2 Å². The van der Waals surface area contributed by atoms with Crippen LogP contribution in [0, 0.1) is 0 Å². The van der Waals surface area contributed by atoms with E-state index in [1.807, 2.05) is 0 Å². The van der Waals surface area contributed by atoms with Gasteiger partial charge < -0.3 is 4.90 Å². The number of likely N-dealkylation sites (tertiary alicyclic amines) is 1. The number of hydrogen-bond acceptors (Lipinski definition) is 2. The molecule has 1 saturated heterocycles. The molecule has 0 N–H and O–H groups in total. The number of halogens is 1. The molecule has 1 spiro atoms. The van der Waals surface area contributed by atoms with E-state index in [1.54, 1.807) is 0 Å². The van der Waals surface area contributed by atoms with Gasteiger partial charge in [-0.15, -0.1) is 0 Å². The molecule has 2 aliphatic rings. The monoisotopic (exact) mass is 279 g/mol. The first-order valence-electron chi connectivity index (χ1n) is 5.63. The second-order valence-corrected chi connectivity index (χ2v) is 5.89. The van der Waals surface area contributed by atoms with E-state index in [0.717, 1.165) is 24.0 Å². The number of benzene rings is 1. The lowest BCUT2D eigenvalue weighted by Gasteiger charge is -2.22. The summed E-state index contributed by atoms with van der Waals surface area (Å²) in [5, 5.41) is 0. The summed E-state index contributed by atoms with van der Waals surface area (Å²) < 4.78 is 1.07. The molecule has 1 heterocycles. The maximum Gasteiger partial charge on any atom is 0.149 e. The molecule has 0 amide bonds. The van der Waals surface area contributed by atoms with Gasteiger partial charge in [0, 0.05) is 17.4 Å². The largest absolute Gasteiger partial charge is 0.305 e. The molecule has 84 valence electrons. The molecule has 0 saturated carbocycles. The minimum absolute atomic E-state index is 0.190. The molecule has 0 aromatic heterocycles. The van der Waals surface area contributed by atoms with Crippen molar-refractivity contribution in [3.63, 3.8) is 0 Å². The van der Waals surface area contributed by atoms with Crippen LogP contribution in [0.5, 0.6) is 0 Å². The van der Waals surface area contributed by atoms with E-state index in [1.165, 1.54) is 11.1 Å². The maximum atomic E-state index is 12.3. The summed E-state index contributed by atoms with van der Waals surface area (Å²) in [5.74, 6) is 0.407. The van der Waals surface area contributed by atoms with Gasteiger partial charge in [-0.25, -0.2) is 0 Å². The van der Waals surface area contributed by atoms with Crippen LogP contribution in [0.25, 0.3) is 0 Å². The van der Waals surface area contributed by atoms with Crippen molar-refractivity contribution in [2.45, 2.75) is 18.3 Å². The van der Waals surface area contributed by atoms with E-state index < -0.39 is 0 Å². The standard InChI is InChI=1S/C13H14BrNO/c1-15-5-4-13(8-15)11-3-2-10(14)6-9(11)7-12(13)16/h2-3,6H,4-5,7-8H2,1H3. The van der Waals surface area contributed by atoms with Gasteiger partial charge in [0.25, 0.3) is 0 Å². The van der Waals surface area contributed by atoms with Gasteiger partial charge in [-0.3, -0.25) is 4.79 Å². The molecule has 2 nitrogen and oxygen atoms in total. The summed E-state index contributed by atoms with van der Waals surface area (Å²) in [6.07, 6.45) is 1.60. The highest BCUT2D eigenvalue weighted by Crippen LogP contribution is 2.43. The first-order valence-corrected chi connectivity index (χ1v) is 6.42. The van der Waals surface area contributed by atoms with E-state index in [-0.39, 0.29) is 5.41 Å². The Balaban J connectivity index is 2.13. The molecule has 3 rings (SSSR count). The molecule has 16 heavy (non-hydrogen) atoms. The zero-order chi connectivity index (χ0) is 11.3. The lowest BCUT2D eigenvalue weighted by atomic mass is 9.80. The fourth-order valence-electron chi connectivity index (χ4n) is 3.12. The van der Waals surface area contributed by atoms with Crippen molar-refractivity contribution < 1.29 is 4.79 Å². The molecule has 0 bridgehead atoms. The van der Waals surface area contributed by atoms with Gasteiger partial charge >= 0.3 is 0 Å². The Morgan fingerprint density at radius 2 is 2.25 bits per heavy atom. The third kappa shape index (κ3) is 1.31. The first kappa shape index (κ1) is 10.5. The molecular weight excluding hydrogens is 266 g/mol. The quantitative estimate of drug-likeness (QED) is 0.725. The molecule has 1 aliphatic heterocycles. The summed E-state index contributed by atoms with van der Waals surface area (Å²) in [6, 6.07) is 6.28. The number of likely N-dealkylation sites (N-methyl/N-ethyl adjacent to an activating group) is 1. The Kier molecular flexibility index (Phi) is 2.23. The normalized spacial score (nSPS) is 29.0. The minimum Gasteiger partial charge on any atom is -0.305 e. The summed E-state index contributed by atoms with van der Waals surface area (Å²) in [7, 11) is 2.10. The van der Waals surface area contributed by atoms with E-state index >= 15 is 0 Å². The molecule has 1 aliphatic carbocycles. The minimum atomic E-state index is -0.190. The smallest absolute Gasteiger partial charge is 0.149 e. The highest BCUT2D eigenvalue weighted by Gasteiger charge is 2.49. The SMILES string of the molecule is CN1CCC2(C1)C(=O)Cc1cc(Br)ccc12. The Morgan fingerprint density at radius 3 is 2.94 bits per heavy atom. The van der Waals surface area contributed by atoms with E-state index in [2.05, 4.69) is 46.1 Å². The van der Waals surface area contributed by atoms with Crippen LogP contribution >= 0.6 is 15.9 Å². The van der Waals surface area contributed by atoms with Crippen LogP contribution in [-0.2, 0) is 16.6 Å². The summed E-state index contributed by atoms with van der Waals surface area (Å²) in [6.45, 7) is 1.92. The topological polar surface area (TPSA) is 20.3 Å². The fourth-order valence-corrected chi connectivity index (χ4v) is 3.52. The average molecular weight is 280 g/mol. The van der Waals surface area contributed by atoms with Crippen LogP contribution in [0.4, 0.5) is 0 Å². The molecule has 1 aromatic rings. The molecule has 1 unspecified atom stereocenters. The molecule has 1 aromatic carbocycles. The summed E-state index contributed by atoms with van der Waals surface area (Å²) in [4.78, 5) is 14.5. The zero-order valence-corrected chi connectivity index (χ0v) is 10.9. The van der Waals surface area contributed by atoms with Gasteiger partial charge in [0.05, 0.1) is 5.41 Å². The van der Waals surface area contributed by atoms with Crippen molar-refractivity contribution in [2.24, 2.45) is 0 Å². The lowest BCUT2D eigenvalue weighted by Crippen LogP contribution is -2.34. The second kappa shape index (κ2) is 3.41. The molecule has 1 fully saturated rings. The van der Waals surface area contributed by atoms with Crippen molar-refractivity contribution in [1.82, 2.24) is 4.90 Å². The van der Waals surface area contributed by atoms with Gasteiger partial charge in [-0.1, -0.05) is 22.0 Å². The van der Waals surface area contributed by atoms with Gasteiger partial charge in [0.15, 0.2) is 0 Å². The van der Waals surface area contributed by atoms with Crippen LogP contribution in [0.2, 0.25) is 0 Å². The van der Waals surface area contributed by atoms with Crippen LogP contribution in [0.1, 0.15) is 17.5 Å². The van der Waals surface area contributed by atoms with E-state index in [9.17, 15) is 4.79 Å². The lowest BCUT2D eigenvalue weighted by molar-refractivity contribution is -0.122. The number of nitrogens with zero attached hydrogens (tertiary/aromatic N) is 1. The van der Waals surface area contributed by atoms with Crippen LogP contribution < -0.4 is 0 Å². The third-order valence-electron chi connectivity index (χ3n) is 3.93. The zero-order valence-electron chi connectivity index (χ0n) is 9.29. The van der Waals surface area contributed by atoms with Crippen LogP contribution in [-0.4, -0.2) is 30.8 Å². The highest BCUT2D eigenvalue weighted by molar-refractivity contribution is 9.10. The average Bonchev–Trinajstić information content (AvgIpc) is 2.72. The number of Topliss-reactive ketones (excluding diaryl/α,β-unsaturated/α-hetero) is 1. The number of fused-ring (bicyclic) bond motifs is 2. The number of carbonyl (C=O) groups is 1. The van der Waals surface area contributed by atoms with Crippen molar-refractivity contribution in [1.29, 1.82) is 0 Å². The predicted molar refractivity (Wildman–Crippen MR) is 66.6 cm³/mol. The molecule has 3 heteroatoms. The Labute approximate surface area is 104 Å². The first-order chi connectivity index (χ1) is 7.62. The number of carbonyl (C=O) groups excluding carboxylic acids is 1. The number of hydrogen-bond donors (Lipinski definition) is 0. The second-order valence-electron chi connectivity index (χ2n) is 4.97. The predicted octanol–water partition coefficient (Wildman–Crippen LogP) is 2.15. The van der Waals surface area contributed by atoms with Gasteiger partial charge in [0.1, 0.15) is 5.78 Å². The Morgan fingerprint density at radius 1 is 1.44 bits per heavy atom. The third-order valence-corrected chi connectivity index (χ3v) is 4.42. The van der Waals surface area contributed by atoms with Gasteiger partial charge in [-0.05, 0) is 43.3 Å². The highest BCUT2D eigenvalue weighted by atomic mass is 79.9. The summed E-state index contributed by atoms with van der Waals surface area (Å²) >= 11 is 3.47. The van der Waals surface area contributed by atoms with Gasteiger partial charge in [0.2, 0.25) is 0 Å². The Bertz CT molecular complexity index is 471. The fraction of sp³-hybridized carbons (Fsp3) is 0.462. The molecule has 1 atom stereocenters. The summed E-state index contributed by atoms with van der Waals surface area (Å²) in [5.41, 5.74) is 2.30. The molecular formula is C13H14BrNO.